The van der Waals surface area contributed by atoms with Crippen molar-refractivity contribution in [3.8, 4) is 11.3 Å². The maximum atomic E-state index is 7.25. The van der Waals surface area contributed by atoms with Crippen molar-refractivity contribution >= 4 is 24.2 Å². The highest BCUT2D eigenvalue weighted by atomic mass is 35.5. The van der Waals surface area contributed by atoms with Crippen LogP contribution in [-0.4, -0.2) is 15.7 Å². The van der Waals surface area contributed by atoms with Gasteiger partial charge in [0.1, 0.15) is 5.82 Å². The molecule has 0 amide bonds. The third kappa shape index (κ3) is 2.14. The lowest BCUT2D eigenvalue weighted by Crippen LogP contribution is -2.23. The summed E-state index contributed by atoms with van der Waals surface area (Å²) in [4.78, 5) is 0. The molecule has 0 spiro atoms. The average molecular weight is 238 g/mol. The summed E-state index contributed by atoms with van der Waals surface area (Å²) < 4.78 is 1.20. The summed E-state index contributed by atoms with van der Waals surface area (Å²) in [6.45, 7) is 0. The van der Waals surface area contributed by atoms with Crippen molar-refractivity contribution in [2.24, 2.45) is 5.73 Å². The lowest BCUT2D eigenvalue weighted by atomic mass is 10.2. The van der Waals surface area contributed by atoms with E-state index >= 15 is 0 Å². The van der Waals surface area contributed by atoms with Gasteiger partial charge >= 0.3 is 0 Å². The molecule has 2 rings (SSSR count). The molecular weight excluding hydrogens is 226 g/mol. The number of nitrogens with one attached hydrogen (secondary N) is 1. The Kier molecular flexibility index (Phi) is 3.52. The van der Waals surface area contributed by atoms with Gasteiger partial charge in [-0.3, -0.25) is 5.41 Å². The first kappa shape index (κ1) is 12.1. The Morgan fingerprint density at radius 1 is 1.25 bits per heavy atom. The predicted molar refractivity (Wildman–Crippen MR) is 66.6 cm³/mol. The first-order valence-electron chi connectivity index (χ1n) is 4.44. The molecule has 0 unspecified atom stereocenters. The van der Waals surface area contributed by atoms with Crippen LogP contribution in [0.15, 0.2) is 36.4 Å². The number of benzene rings is 1. The van der Waals surface area contributed by atoms with Crippen molar-refractivity contribution in [2.75, 3.05) is 5.73 Å². The van der Waals surface area contributed by atoms with Gasteiger partial charge in [-0.05, 0) is 0 Å². The normalized spacial score (nSPS) is 9.50. The number of aromatic nitrogens is 2. The fourth-order valence-corrected chi connectivity index (χ4v) is 1.34. The third-order valence-electron chi connectivity index (χ3n) is 2.03. The van der Waals surface area contributed by atoms with E-state index in [0.717, 1.165) is 5.56 Å². The van der Waals surface area contributed by atoms with Gasteiger partial charge in [-0.2, -0.15) is 9.78 Å². The topological polar surface area (TPSA) is 93.7 Å². The number of anilines is 1. The van der Waals surface area contributed by atoms with Gasteiger partial charge in [-0.15, -0.1) is 12.4 Å². The van der Waals surface area contributed by atoms with Crippen LogP contribution >= 0.6 is 12.4 Å². The van der Waals surface area contributed by atoms with Gasteiger partial charge in [-0.1, -0.05) is 30.3 Å². The smallest absolute Gasteiger partial charge is 0.215 e. The summed E-state index contributed by atoms with van der Waals surface area (Å²) in [6.07, 6.45) is 0. The van der Waals surface area contributed by atoms with Crippen molar-refractivity contribution < 1.29 is 0 Å². The molecule has 0 aliphatic carbocycles. The Balaban J connectivity index is 0.00000128. The zero-order valence-corrected chi connectivity index (χ0v) is 9.24. The van der Waals surface area contributed by atoms with Gasteiger partial charge in [0.2, 0.25) is 5.96 Å². The lowest BCUT2D eigenvalue weighted by Gasteiger charge is -1.98. The van der Waals surface area contributed by atoms with Gasteiger partial charge in [0.15, 0.2) is 0 Å². The summed E-state index contributed by atoms with van der Waals surface area (Å²) in [7, 11) is 0. The molecule has 5 nitrogen and oxygen atoms in total. The van der Waals surface area contributed by atoms with Crippen LogP contribution in [0.2, 0.25) is 0 Å². The minimum Gasteiger partial charge on any atom is -0.383 e. The van der Waals surface area contributed by atoms with Gasteiger partial charge in [-0.25, -0.2) is 0 Å². The molecule has 0 bridgehead atoms. The minimum absolute atomic E-state index is 0. The molecule has 84 valence electrons. The Hall–Kier alpha value is -2.01. The van der Waals surface area contributed by atoms with Crippen LogP contribution in [0.3, 0.4) is 0 Å². The monoisotopic (exact) mass is 237 g/mol. The van der Waals surface area contributed by atoms with Crippen molar-refractivity contribution in [1.29, 1.82) is 5.41 Å². The fourth-order valence-electron chi connectivity index (χ4n) is 1.34. The maximum Gasteiger partial charge on any atom is 0.215 e. The quantitative estimate of drug-likeness (QED) is 0.515. The van der Waals surface area contributed by atoms with E-state index in [9.17, 15) is 0 Å². The first-order chi connectivity index (χ1) is 7.18. The molecule has 0 atom stereocenters. The minimum atomic E-state index is -0.185. The molecule has 1 heterocycles. The zero-order chi connectivity index (χ0) is 10.8. The Morgan fingerprint density at radius 3 is 2.38 bits per heavy atom. The van der Waals surface area contributed by atoms with Crippen LogP contribution in [-0.2, 0) is 0 Å². The zero-order valence-electron chi connectivity index (χ0n) is 8.42. The molecule has 0 radical (unpaired) electrons. The number of nitrogens with zero attached hydrogens (tertiary/aromatic N) is 2. The second-order valence-corrected chi connectivity index (χ2v) is 3.12. The molecule has 1 aromatic heterocycles. The van der Waals surface area contributed by atoms with Gasteiger partial charge in [0, 0.05) is 11.6 Å². The molecule has 0 fully saturated rings. The molecule has 0 saturated carbocycles. The number of hydrogen-bond donors (Lipinski definition) is 3. The fraction of sp³-hybridized carbons (Fsp3) is 0. The standard InChI is InChI=1S/C10H11N5.ClH/c11-9-6-8(14-15(9)10(12)13)7-4-2-1-3-5-7;/h1-6H,11H2,(H3,12,13);1H. The van der Waals surface area contributed by atoms with Crippen LogP contribution in [0.5, 0.6) is 0 Å². The van der Waals surface area contributed by atoms with E-state index in [-0.39, 0.29) is 18.4 Å². The van der Waals surface area contributed by atoms with Crippen molar-refractivity contribution in [3.63, 3.8) is 0 Å². The van der Waals surface area contributed by atoms with Crippen LogP contribution in [0, 0.1) is 5.41 Å². The maximum absolute atomic E-state index is 7.25. The van der Waals surface area contributed by atoms with Crippen molar-refractivity contribution in [2.45, 2.75) is 0 Å². The molecule has 2 aromatic rings. The number of rotatable bonds is 1. The Morgan fingerprint density at radius 2 is 1.88 bits per heavy atom. The van der Waals surface area contributed by atoms with Gasteiger partial charge in [0.25, 0.3) is 0 Å². The number of halogens is 1. The summed E-state index contributed by atoms with van der Waals surface area (Å²) in [5, 5.41) is 11.4. The highest BCUT2D eigenvalue weighted by Gasteiger charge is 2.07. The van der Waals surface area contributed by atoms with E-state index in [1.807, 2.05) is 30.3 Å². The highest BCUT2D eigenvalue weighted by Crippen LogP contribution is 2.19. The number of hydrogen-bond acceptors (Lipinski definition) is 3. The SMILES string of the molecule is Cl.N=C(N)n1nc(-c2ccccc2)cc1N. The number of nitrogens with two attached hydrogens (primary N) is 2. The van der Waals surface area contributed by atoms with Crippen LogP contribution in [0.25, 0.3) is 11.3 Å². The molecule has 0 aliphatic rings. The van der Waals surface area contributed by atoms with Gasteiger partial charge in [0.05, 0.1) is 5.69 Å². The Bertz CT molecular complexity index is 491. The third-order valence-corrected chi connectivity index (χ3v) is 2.03. The summed E-state index contributed by atoms with van der Waals surface area (Å²) in [5.74, 6) is 0.177. The van der Waals surface area contributed by atoms with Crippen molar-refractivity contribution in [3.05, 3.63) is 36.4 Å². The van der Waals surface area contributed by atoms with E-state index < -0.39 is 0 Å². The molecule has 5 N–H and O–H groups in total. The summed E-state index contributed by atoms with van der Waals surface area (Å²) in [5.41, 5.74) is 12.6. The number of nitrogen functional groups attached to an aromatic ring is 2. The van der Waals surface area contributed by atoms with Gasteiger partial charge < -0.3 is 11.5 Å². The molecule has 1 aromatic carbocycles. The molecule has 0 saturated heterocycles. The second kappa shape index (κ2) is 4.67. The van der Waals surface area contributed by atoms with E-state index in [0.29, 0.717) is 11.5 Å². The second-order valence-electron chi connectivity index (χ2n) is 3.12. The Labute approximate surface area is 99.0 Å². The molecular formula is C10H12ClN5. The highest BCUT2D eigenvalue weighted by molar-refractivity contribution is 5.85. The first-order valence-corrected chi connectivity index (χ1v) is 4.44. The van der Waals surface area contributed by atoms with E-state index in [1.165, 1.54) is 4.68 Å². The van der Waals surface area contributed by atoms with Crippen LogP contribution in [0.1, 0.15) is 0 Å². The molecule has 0 aliphatic heterocycles. The summed E-state index contributed by atoms with van der Waals surface area (Å²) >= 11 is 0. The molecule has 6 heteroatoms. The van der Waals surface area contributed by atoms with E-state index in [2.05, 4.69) is 5.10 Å². The average Bonchev–Trinajstić information content (AvgIpc) is 2.62. The van der Waals surface area contributed by atoms with E-state index in [4.69, 9.17) is 16.9 Å². The lowest BCUT2D eigenvalue weighted by molar-refractivity contribution is 0.925. The van der Waals surface area contributed by atoms with Crippen molar-refractivity contribution in [1.82, 2.24) is 9.78 Å². The van der Waals surface area contributed by atoms with Crippen LogP contribution < -0.4 is 11.5 Å². The summed E-state index contributed by atoms with van der Waals surface area (Å²) in [6, 6.07) is 11.3. The van der Waals surface area contributed by atoms with E-state index in [1.54, 1.807) is 6.07 Å². The largest absolute Gasteiger partial charge is 0.383 e. The van der Waals surface area contributed by atoms with Crippen LogP contribution in [0.4, 0.5) is 5.82 Å². The predicted octanol–water partition coefficient (Wildman–Crippen LogP) is 1.30. The molecule has 16 heavy (non-hydrogen) atoms.